The number of likely N-dealkylation sites (N-methyl/N-ethyl adjacent to an activating group) is 1. The fourth-order valence-corrected chi connectivity index (χ4v) is 3.92. The van der Waals surface area contributed by atoms with Crippen molar-refractivity contribution in [3.8, 4) is 11.5 Å². The maximum atomic E-state index is 13.5. The summed E-state index contributed by atoms with van der Waals surface area (Å²) in [5.41, 5.74) is 3.21. The van der Waals surface area contributed by atoms with Crippen LogP contribution in [0.4, 0.5) is 5.69 Å². The summed E-state index contributed by atoms with van der Waals surface area (Å²) in [6.45, 7) is 3.51. The monoisotopic (exact) mass is 382 g/mol. The van der Waals surface area contributed by atoms with E-state index in [1.165, 1.54) is 0 Å². The topological polar surface area (TPSA) is 42.0 Å². The summed E-state index contributed by atoms with van der Waals surface area (Å²) < 4.78 is 11.0. The van der Waals surface area contributed by atoms with Gasteiger partial charge in [0.25, 0.3) is 0 Å². The van der Waals surface area contributed by atoms with Crippen LogP contribution in [0.25, 0.3) is 0 Å². The van der Waals surface area contributed by atoms with E-state index in [9.17, 15) is 4.79 Å². The van der Waals surface area contributed by atoms with Gasteiger partial charge < -0.3 is 19.3 Å². The standard InChI is InChI=1S/C23H30N2O3/c1-16-19(17-9-11-18(27-4)12-10-17)15-20-21(7-6-8-22(20)28-5)25(23(16)26)14-13-24(2)3/h6-12,16,19H,13-15H2,1-5H3. The van der Waals surface area contributed by atoms with Crippen LogP contribution in [-0.4, -0.2) is 52.2 Å². The number of carbonyl (C=O) groups is 1. The van der Waals surface area contributed by atoms with Crippen molar-refractivity contribution in [1.82, 2.24) is 4.90 Å². The Hall–Kier alpha value is -2.53. The molecule has 1 heterocycles. The quantitative estimate of drug-likeness (QED) is 0.766. The number of amides is 1. The van der Waals surface area contributed by atoms with Crippen LogP contribution in [0.2, 0.25) is 0 Å². The molecular weight excluding hydrogens is 352 g/mol. The highest BCUT2D eigenvalue weighted by Crippen LogP contribution is 2.41. The Morgan fingerprint density at radius 1 is 1.07 bits per heavy atom. The van der Waals surface area contributed by atoms with Gasteiger partial charge in [0.05, 0.1) is 19.9 Å². The molecule has 0 saturated carbocycles. The highest BCUT2D eigenvalue weighted by molar-refractivity contribution is 5.97. The molecule has 0 fully saturated rings. The molecule has 2 atom stereocenters. The van der Waals surface area contributed by atoms with E-state index in [1.807, 2.05) is 56.3 Å². The average Bonchev–Trinajstić information content (AvgIpc) is 2.81. The maximum Gasteiger partial charge on any atom is 0.230 e. The van der Waals surface area contributed by atoms with Gasteiger partial charge in [-0.3, -0.25) is 4.79 Å². The van der Waals surface area contributed by atoms with Crippen molar-refractivity contribution in [2.45, 2.75) is 19.3 Å². The molecule has 1 aliphatic heterocycles. The molecule has 0 N–H and O–H groups in total. The van der Waals surface area contributed by atoms with Gasteiger partial charge in [-0.2, -0.15) is 0 Å². The number of rotatable bonds is 6. The Kier molecular flexibility index (Phi) is 6.25. The first-order valence-electron chi connectivity index (χ1n) is 9.72. The average molecular weight is 383 g/mol. The number of nitrogens with zero attached hydrogens (tertiary/aromatic N) is 2. The molecule has 2 aromatic rings. The van der Waals surface area contributed by atoms with Gasteiger partial charge in [-0.25, -0.2) is 0 Å². The SMILES string of the molecule is COc1ccc(C2Cc3c(OC)cccc3N(CCN(C)C)C(=O)C2C)cc1. The van der Waals surface area contributed by atoms with Crippen molar-refractivity contribution in [2.24, 2.45) is 5.92 Å². The minimum absolute atomic E-state index is 0.0813. The summed E-state index contributed by atoms with van der Waals surface area (Å²) >= 11 is 0. The second-order valence-corrected chi connectivity index (χ2v) is 7.62. The summed E-state index contributed by atoms with van der Waals surface area (Å²) in [5.74, 6) is 1.77. The molecule has 150 valence electrons. The van der Waals surface area contributed by atoms with E-state index in [2.05, 4.69) is 17.0 Å². The molecule has 0 aliphatic carbocycles. The third-order valence-corrected chi connectivity index (χ3v) is 5.62. The molecule has 1 amide bonds. The third kappa shape index (κ3) is 3.99. The van der Waals surface area contributed by atoms with Gasteiger partial charge in [-0.05, 0) is 56.3 Å². The zero-order valence-electron chi connectivity index (χ0n) is 17.4. The zero-order chi connectivity index (χ0) is 20.3. The second-order valence-electron chi connectivity index (χ2n) is 7.62. The molecule has 0 aromatic heterocycles. The van der Waals surface area contributed by atoms with Crippen molar-refractivity contribution < 1.29 is 14.3 Å². The van der Waals surface area contributed by atoms with Gasteiger partial charge in [-0.15, -0.1) is 0 Å². The molecule has 3 rings (SSSR count). The van der Waals surface area contributed by atoms with Crippen molar-refractivity contribution in [3.05, 3.63) is 53.6 Å². The predicted octanol–water partition coefficient (Wildman–Crippen LogP) is 3.57. The predicted molar refractivity (Wildman–Crippen MR) is 113 cm³/mol. The van der Waals surface area contributed by atoms with Gasteiger partial charge in [0.1, 0.15) is 11.5 Å². The molecule has 5 heteroatoms. The number of hydrogen-bond donors (Lipinski definition) is 0. The normalized spacial score (nSPS) is 19.4. The number of ether oxygens (including phenoxy) is 2. The molecule has 28 heavy (non-hydrogen) atoms. The van der Waals surface area contributed by atoms with Gasteiger partial charge in [0.2, 0.25) is 5.91 Å². The van der Waals surface area contributed by atoms with Crippen LogP contribution < -0.4 is 14.4 Å². The number of methoxy groups -OCH3 is 2. The molecule has 0 radical (unpaired) electrons. The van der Waals surface area contributed by atoms with E-state index in [0.29, 0.717) is 6.54 Å². The lowest BCUT2D eigenvalue weighted by Crippen LogP contribution is -2.40. The van der Waals surface area contributed by atoms with Gasteiger partial charge in [0.15, 0.2) is 0 Å². The highest BCUT2D eigenvalue weighted by Gasteiger charge is 2.36. The van der Waals surface area contributed by atoms with Crippen molar-refractivity contribution in [2.75, 3.05) is 46.3 Å². The minimum Gasteiger partial charge on any atom is -0.497 e. The fraction of sp³-hybridized carbons (Fsp3) is 0.435. The van der Waals surface area contributed by atoms with Crippen LogP contribution in [0, 0.1) is 5.92 Å². The van der Waals surface area contributed by atoms with Crippen LogP contribution in [-0.2, 0) is 11.2 Å². The van der Waals surface area contributed by atoms with Gasteiger partial charge in [0, 0.05) is 24.6 Å². The van der Waals surface area contributed by atoms with E-state index >= 15 is 0 Å². The van der Waals surface area contributed by atoms with Crippen LogP contribution in [0.3, 0.4) is 0 Å². The van der Waals surface area contributed by atoms with Gasteiger partial charge in [-0.1, -0.05) is 25.1 Å². The highest BCUT2D eigenvalue weighted by atomic mass is 16.5. The lowest BCUT2D eigenvalue weighted by atomic mass is 9.82. The molecule has 5 nitrogen and oxygen atoms in total. The molecule has 0 saturated heterocycles. The van der Waals surface area contributed by atoms with E-state index in [-0.39, 0.29) is 17.7 Å². The van der Waals surface area contributed by atoms with Crippen LogP contribution in [0.15, 0.2) is 42.5 Å². The molecule has 0 bridgehead atoms. The van der Waals surface area contributed by atoms with E-state index < -0.39 is 0 Å². The third-order valence-electron chi connectivity index (χ3n) is 5.62. The summed E-state index contributed by atoms with van der Waals surface area (Å²) in [6.07, 6.45) is 0.761. The van der Waals surface area contributed by atoms with Crippen molar-refractivity contribution in [1.29, 1.82) is 0 Å². The minimum atomic E-state index is -0.132. The first-order valence-corrected chi connectivity index (χ1v) is 9.72. The largest absolute Gasteiger partial charge is 0.497 e. The summed E-state index contributed by atoms with van der Waals surface area (Å²) in [6, 6.07) is 14.0. The Labute approximate surface area is 167 Å². The first-order chi connectivity index (χ1) is 13.5. The van der Waals surface area contributed by atoms with Crippen LogP contribution in [0.1, 0.15) is 24.0 Å². The van der Waals surface area contributed by atoms with Crippen LogP contribution in [0.5, 0.6) is 11.5 Å². The van der Waals surface area contributed by atoms with Crippen LogP contribution >= 0.6 is 0 Å². The summed E-state index contributed by atoms with van der Waals surface area (Å²) in [5, 5.41) is 0. The summed E-state index contributed by atoms with van der Waals surface area (Å²) in [7, 11) is 7.41. The number of hydrogen-bond acceptors (Lipinski definition) is 4. The van der Waals surface area contributed by atoms with Crippen molar-refractivity contribution >= 4 is 11.6 Å². The molecule has 2 aromatic carbocycles. The molecule has 0 spiro atoms. The molecular formula is C23H30N2O3. The van der Waals surface area contributed by atoms with E-state index in [4.69, 9.17) is 9.47 Å². The molecule has 2 unspecified atom stereocenters. The first kappa shape index (κ1) is 20.2. The Bertz CT molecular complexity index is 817. The van der Waals surface area contributed by atoms with Gasteiger partial charge >= 0.3 is 0 Å². The second kappa shape index (κ2) is 8.65. The molecule has 1 aliphatic rings. The number of benzene rings is 2. The lowest BCUT2D eigenvalue weighted by Gasteiger charge is -2.27. The van der Waals surface area contributed by atoms with E-state index in [1.54, 1.807) is 14.2 Å². The maximum absolute atomic E-state index is 13.5. The Morgan fingerprint density at radius 2 is 1.79 bits per heavy atom. The Morgan fingerprint density at radius 3 is 2.39 bits per heavy atom. The number of anilines is 1. The Balaban J connectivity index is 2.05. The summed E-state index contributed by atoms with van der Waals surface area (Å²) in [4.78, 5) is 17.5. The lowest BCUT2D eigenvalue weighted by molar-refractivity contribution is -0.122. The van der Waals surface area contributed by atoms with E-state index in [0.717, 1.165) is 41.3 Å². The smallest absolute Gasteiger partial charge is 0.230 e. The zero-order valence-corrected chi connectivity index (χ0v) is 17.4. The number of carbonyl (C=O) groups excluding carboxylic acids is 1. The fourth-order valence-electron chi connectivity index (χ4n) is 3.92. The number of fused-ring (bicyclic) bond motifs is 1. The van der Waals surface area contributed by atoms with Crippen molar-refractivity contribution in [3.63, 3.8) is 0 Å².